The normalized spacial score (nSPS) is 11.7. The quantitative estimate of drug-likeness (QED) is 0.810. The van der Waals surface area contributed by atoms with E-state index in [9.17, 15) is 22.8 Å². The third-order valence-corrected chi connectivity index (χ3v) is 3.22. The van der Waals surface area contributed by atoms with Gasteiger partial charge in [-0.1, -0.05) is 12.1 Å². The van der Waals surface area contributed by atoms with E-state index >= 15 is 0 Å². The number of aryl methyl sites for hydroxylation is 2. The number of aromatic nitrogens is 2. The minimum atomic E-state index is -4.76. The van der Waals surface area contributed by atoms with E-state index in [0.717, 1.165) is 17.2 Å². The summed E-state index contributed by atoms with van der Waals surface area (Å²) in [6.07, 6.45) is -4.76. The van der Waals surface area contributed by atoms with Gasteiger partial charge in [-0.25, -0.2) is 9.36 Å². The Morgan fingerprint density at radius 1 is 1.05 bits per heavy atom. The zero-order chi connectivity index (χ0) is 15.9. The highest BCUT2D eigenvalue weighted by atomic mass is 19.4. The van der Waals surface area contributed by atoms with Gasteiger partial charge in [0.15, 0.2) is 0 Å². The Bertz CT molecular complexity index is 816. The van der Waals surface area contributed by atoms with Crippen LogP contribution in [0, 0.1) is 13.8 Å². The van der Waals surface area contributed by atoms with Crippen molar-refractivity contribution in [2.75, 3.05) is 0 Å². The standard InChI is InChI=1S/C14H13F3N2O2/c1-8-4-5-9(2)10(6-8)19-12(20)7-11(14(15,16)17)18(3)13(19)21/h4-7H,1-3H3. The van der Waals surface area contributed by atoms with Gasteiger partial charge >= 0.3 is 11.9 Å². The van der Waals surface area contributed by atoms with Crippen LogP contribution in [0.3, 0.4) is 0 Å². The van der Waals surface area contributed by atoms with Gasteiger partial charge in [0.2, 0.25) is 0 Å². The molecule has 112 valence electrons. The van der Waals surface area contributed by atoms with E-state index in [2.05, 4.69) is 0 Å². The van der Waals surface area contributed by atoms with Crippen molar-refractivity contribution in [3.05, 3.63) is 61.9 Å². The lowest BCUT2D eigenvalue weighted by molar-refractivity contribution is -0.144. The molecule has 2 rings (SSSR count). The maximum absolute atomic E-state index is 12.8. The zero-order valence-electron chi connectivity index (χ0n) is 11.7. The van der Waals surface area contributed by atoms with E-state index in [0.29, 0.717) is 16.2 Å². The monoisotopic (exact) mass is 298 g/mol. The van der Waals surface area contributed by atoms with Crippen LogP contribution in [0.15, 0.2) is 33.9 Å². The van der Waals surface area contributed by atoms with E-state index < -0.39 is 23.1 Å². The molecule has 0 unspecified atom stereocenters. The summed E-state index contributed by atoms with van der Waals surface area (Å²) in [6, 6.07) is 5.52. The van der Waals surface area contributed by atoms with Crippen LogP contribution in [-0.4, -0.2) is 9.13 Å². The SMILES string of the molecule is Cc1ccc(C)c(-n2c(=O)cc(C(F)(F)F)n(C)c2=O)c1. The molecule has 0 N–H and O–H groups in total. The van der Waals surface area contributed by atoms with E-state index in [1.807, 2.05) is 0 Å². The maximum atomic E-state index is 12.8. The van der Waals surface area contributed by atoms with Gasteiger partial charge in [0.25, 0.3) is 5.56 Å². The van der Waals surface area contributed by atoms with E-state index in [4.69, 9.17) is 0 Å². The van der Waals surface area contributed by atoms with E-state index in [-0.39, 0.29) is 5.69 Å². The Labute approximate surface area is 118 Å². The first-order valence-corrected chi connectivity index (χ1v) is 6.11. The molecule has 1 aromatic carbocycles. The van der Waals surface area contributed by atoms with Gasteiger partial charge < -0.3 is 0 Å². The van der Waals surface area contributed by atoms with Gasteiger partial charge in [-0.2, -0.15) is 13.2 Å². The van der Waals surface area contributed by atoms with Crippen molar-refractivity contribution in [2.24, 2.45) is 7.05 Å². The van der Waals surface area contributed by atoms with Crippen LogP contribution in [0.5, 0.6) is 0 Å². The summed E-state index contributed by atoms with van der Waals surface area (Å²) in [5, 5.41) is 0. The molecule has 0 aliphatic rings. The summed E-state index contributed by atoms with van der Waals surface area (Å²) >= 11 is 0. The Morgan fingerprint density at radius 2 is 1.67 bits per heavy atom. The van der Waals surface area contributed by atoms with Gasteiger partial charge in [0.1, 0.15) is 5.69 Å². The van der Waals surface area contributed by atoms with Crippen LogP contribution in [0.1, 0.15) is 16.8 Å². The van der Waals surface area contributed by atoms with Crippen LogP contribution in [0.2, 0.25) is 0 Å². The van der Waals surface area contributed by atoms with E-state index in [1.165, 1.54) is 0 Å². The number of alkyl halides is 3. The molecule has 2 aromatic rings. The fourth-order valence-corrected chi connectivity index (χ4v) is 2.08. The van der Waals surface area contributed by atoms with Crippen LogP contribution >= 0.6 is 0 Å². The molecule has 0 atom stereocenters. The molecule has 0 radical (unpaired) electrons. The summed E-state index contributed by atoms with van der Waals surface area (Å²) < 4.78 is 39.5. The highest BCUT2D eigenvalue weighted by Crippen LogP contribution is 2.27. The van der Waals surface area contributed by atoms with Crippen LogP contribution in [-0.2, 0) is 13.2 Å². The lowest BCUT2D eigenvalue weighted by Crippen LogP contribution is -2.41. The van der Waals surface area contributed by atoms with Gasteiger partial charge in [0, 0.05) is 13.1 Å². The Kier molecular flexibility index (Phi) is 3.52. The molecule has 0 saturated carbocycles. The summed E-state index contributed by atoms with van der Waals surface area (Å²) in [5.41, 5.74) is -1.58. The highest BCUT2D eigenvalue weighted by molar-refractivity contribution is 5.43. The fraction of sp³-hybridized carbons (Fsp3) is 0.286. The highest BCUT2D eigenvalue weighted by Gasteiger charge is 2.35. The largest absolute Gasteiger partial charge is 0.431 e. The smallest absolute Gasteiger partial charge is 0.292 e. The van der Waals surface area contributed by atoms with Crippen molar-refractivity contribution in [1.82, 2.24) is 9.13 Å². The average Bonchev–Trinajstić information content (AvgIpc) is 2.36. The van der Waals surface area contributed by atoms with Crippen LogP contribution in [0.4, 0.5) is 13.2 Å². The molecule has 0 saturated heterocycles. The van der Waals surface area contributed by atoms with Gasteiger partial charge in [-0.15, -0.1) is 0 Å². The first-order chi connectivity index (χ1) is 9.62. The predicted octanol–water partition coefficient (Wildman–Crippen LogP) is 2.17. The topological polar surface area (TPSA) is 44.0 Å². The van der Waals surface area contributed by atoms with Gasteiger partial charge in [0.05, 0.1) is 5.69 Å². The van der Waals surface area contributed by atoms with Crippen molar-refractivity contribution in [3.8, 4) is 5.69 Å². The second-order valence-corrected chi connectivity index (χ2v) is 4.83. The van der Waals surface area contributed by atoms with Crippen molar-refractivity contribution in [3.63, 3.8) is 0 Å². The molecule has 1 aromatic heterocycles. The van der Waals surface area contributed by atoms with Gasteiger partial charge in [-0.05, 0) is 31.0 Å². The zero-order valence-corrected chi connectivity index (χ0v) is 11.7. The number of hydrogen-bond acceptors (Lipinski definition) is 2. The molecule has 0 bridgehead atoms. The van der Waals surface area contributed by atoms with Crippen molar-refractivity contribution in [1.29, 1.82) is 0 Å². The fourth-order valence-electron chi connectivity index (χ4n) is 2.08. The average molecular weight is 298 g/mol. The van der Waals surface area contributed by atoms with E-state index in [1.54, 1.807) is 32.0 Å². The minimum absolute atomic E-state index is 0.286. The lowest BCUT2D eigenvalue weighted by atomic mass is 10.1. The number of hydrogen-bond donors (Lipinski definition) is 0. The van der Waals surface area contributed by atoms with Crippen LogP contribution < -0.4 is 11.2 Å². The number of halogens is 3. The molecular formula is C14H13F3N2O2. The second kappa shape index (κ2) is 4.91. The summed E-state index contributed by atoms with van der Waals surface area (Å²) in [5.74, 6) is 0. The molecule has 0 amide bonds. The first-order valence-electron chi connectivity index (χ1n) is 6.11. The predicted molar refractivity (Wildman–Crippen MR) is 71.8 cm³/mol. The lowest BCUT2D eigenvalue weighted by Gasteiger charge is -2.15. The van der Waals surface area contributed by atoms with Crippen molar-refractivity contribution < 1.29 is 13.2 Å². The molecule has 21 heavy (non-hydrogen) atoms. The first kappa shape index (κ1) is 15.1. The molecule has 7 heteroatoms. The van der Waals surface area contributed by atoms with Crippen molar-refractivity contribution >= 4 is 0 Å². The number of nitrogens with zero attached hydrogens (tertiary/aromatic N) is 2. The van der Waals surface area contributed by atoms with Crippen LogP contribution in [0.25, 0.3) is 5.69 Å². The Morgan fingerprint density at radius 3 is 2.24 bits per heavy atom. The van der Waals surface area contributed by atoms with Gasteiger partial charge in [-0.3, -0.25) is 9.36 Å². The molecule has 1 heterocycles. The molecule has 0 spiro atoms. The third-order valence-electron chi connectivity index (χ3n) is 3.22. The molecular weight excluding hydrogens is 285 g/mol. The number of benzene rings is 1. The summed E-state index contributed by atoms with van der Waals surface area (Å²) in [4.78, 5) is 24.1. The van der Waals surface area contributed by atoms with Crippen molar-refractivity contribution in [2.45, 2.75) is 20.0 Å². The maximum Gasteiger partial charge on any atom is 0.431 e. The molecule has 0 aliphatic carbocycles. The molecule has 0 aliphatic heterocycles. The Balaban J connectivity index is 2.85. The number of rotatable bonds is 1. The molecule has 4 nitrogen and oxygen atoms in total. The Hall–Kier alpha value is -2.31. The minimum Gasteiger partial charge on any atom is -0.292 e. The molecule has 0 fully saturated rings. The second-order valence-electron chi connectivity index (χ2n) is 4.83. The third kappa shape index (κ3) is 2.63. The summed E-state index contributed by atoms with van der Waals surface area (Å²) in [6.45, 7) is 3.45. The summed E-state index contributed by atoms with van der Waals surface area (Å²) in [7, 11) is 0.992.